The van der Waals surface area contributed by atoms with Crippen LogP contribution in [-0.2, 0) is 4.79 Å². The summed E-state index contributed by atoms with van der Waals surface area (Å²) in [4.78, 5) is 14.7. The highest BCUT2D eigenvalue weighted by Crippen LogP contribution is 2.27. The molecule has 2 atom stereocenters. The molecule has 1 aliphatic heterocycles. The zero-order chi connectivity index (χ0) is 15.2. The Morgan fingerprint density at radius 3 is 2.64 bits per heavy atom. The van der Waals surface area contributed by atoms with Crippen molar-refractivity contribution in [2.45, 2.75) is 51.5 Å². The fourth-order valence-electron chi connectivity index (χ4n) is 3.28. The minimum Gasteiger partial charge on any atom is -0.338 e. The number of rotatable bonds is 6. The van der Waals surface area contributed by atoms with Gasteiger partial charge in [-0.25, -0.2) is 0 Å². The van der Waals surface area contributed by atoms with E-state index < -0.39 is 0 Å². The summed E-state index contributed by atoms with van der Waals surface area (Å²) in [6.07, 6.45) is 3.92. The van der Waals surface area contributed by atoms with E-state index in [0.29, 0.717) is 24.3 Å². The summed E-state index contributed by atoms with van der Waals surface area (Å²) in [5.74, 6) is 0.661. The van der Waals surface area contributed by atoms with Gasteiger partial charge in [-0.1, -0.05) is 36.8 Å². The molecule has 1 aromatic carbocycles. The van der Waals surface area contributed by atoms with E-state index in [-0.39, 0.29) is 12.4 Å². The van der Waals surface area contributed by atoms with E-state index in [2.05, 4.69) is 48.3 Å². The number of likely N-dealkylation sites (N-methyl/N-ethyl adjacent to an activating group) is 1. The van der Waals surface area contributed by atoms with Gasteiger partial charge in [0.05, 0.1) is 0 Å². The summed E-state index contributed by atoms with van der Waals surface area (Å²) in [5.41, 5.74) is 2.56. The molecule has 124 valence electrons. The van der Waals surface area contributed by atoms with E-state index in [1.165, 1.54) is 11.1 Å². The van der Waals surface area contributed by atoms with Crippen molar-refractivity contribution in [3.63, 3.8) is 0 Å². The number of hydrogen-bond acceptors (Lipinski definition) is 2. The zero-order valence-corrected chi connectivity index (χ0v) is 14.8. The first-order chi connectivity index (χ1) is 10.2. The van der Waals surface area contributed by atoms with E-state index in [1.54, 1.807) is 0 Å². The van der Waals surface area contributed by atoms with Crippen LogP contribution < -0.4 is 5.32 Å². The number of amides is 1. The molecule has 0 aliphatic carbocycles. The standard InChI is InChI=1S/C18H28N2O.ClH/c1-4-15(16-9-7-14(2)8-10-16)12-18(21)20-11-5-6-17(20)13-19-3;/h7-10,15,17,19H,4-6,11-13H2,1-3H3;1H. The van der Waals surface area contributed by atoms with Crippen molar-refractivity contribution in [1.29, 1.82) is 0 Å². The minimum absolute atomic E-state index is 0. The maximum absolute atomic E-state index is 12.6. The third-order valence-electron chi connectivity index (χ3n) is 4.60. The molecule has 4 heteroatoms. The second-order valence-electron chi connectivity index (χ2n) is 6.16. The lowest BCUT2D eigenvalue weighted by Crippen LogP contribution is -2.41. The summed E-state index contributed by atoms with van der Waals surface area (Å²) in [6, 6.07) is 9.01. The van der Waals surface area contributed by atoms with Crippen LogP contribution in [0.25, 0.3) is 0 Å². The summed E-state index contributed by atoms with van der Waals surface area (Å²) in [5, 5.41) is 3.21. The van der Waals surface area contributed by atoms with Crippen molar-refractivity contribution < 1.29 is 4.79 Å². The highest BCUT2D eigenvalue weighted by atomic mass is 35.5. The highest BCUT2D eigenvalue weighted by molar-refractivity contribution is 5.85. The molecule has 0 saturated carbocycles. The lowest BCUT2D eigenvalue weighted by atomic mass is 9.92. The van der Waals surface area contributed by atoms with Crippen LogP contribution in [0.4, 0.5) is 0 Å². The number of halogens is 1. The molecule has 3 nitrogen and oxygen atoms in total. The first kappa shape index (κ1) is 19.0. The van der Waals surface area contributed by atoms with Crippen LogP contribution >= 0.6 is 12.4 Å². The average molecular weight is 325 g/mol. The Morgan fingerprint density at radius 1 is 1.36 bits per heavy atom. The summed E-state index contributed by atoms with van der Waals surface area (Å²) >= 11 is 0. The molecule has 1 N–H and O–H groups in total. The number of nitrogens with one attached hydrogen (secondary N) is 1. The molecule has 1 aromatic rings. The van der Waals surface area contributed by atoms with Crippen LogP contribution in [0, 0.1) is 6.92 Å². The minimum atomic E-state index is 0. The van der Waals surface area contributed by atoms with Crippen molar-refractivity contribution in [2.75, 3.05) is 20.1 Å². The maximum atomic E-state index is 12.6. The number of carbonyl (C=O) groups excluding carboxylic acids is 1. The van der Waals surface area contributed by atoms with Gasteiger partial charge in [0.15, 0.2) is 0 Å². The molecular formula is C18H29ClN2O. The Hall–Kier alpha value is -1.06. The van der Waals surface area contributed by atoms with Gasteiger partial charge in [-0.05, 0) is 44.7 Å². The number of nitrogens with zero attached hydrogens (tertiary/aromatic N) is 1. The summed E-state index contributed by atoms with van der Waals surface area (Å²) in [7, 11) is 1.96. The first-order valence-corrected chi connectivity index (χ1v) is 8.16. The van der Waals surface area contributed by atoms with E-state index in [1.807, 2.05) is 7.05 Å². The van der Waals surface area contributed by atoms with Gasteiger partial charge in [0.25, 0.3) is 0 Å². The Balaban J connectivity index is 0.00000242. The van der Waals surface area contributed by atoms with Crippen LogP contribution in [0.15, 0.2) is 24.3 Å². The number of likely N-dealkylation sites (tertiary alicyclic amines) is 1. The number of hydrogen-bond donors (Lipinski definition) is 1. The Morgan fingerprint density at radius 2 is 2.05 bits per heavy atom. The molecule has 1 fully saturated rings. The third kappa shape index (κ3) is 4.72. The van der Waals surface area contributed by atoms with Crippen molar-refractivity contribution in [1.82, 2.24) is 10.2 Å². The first-order valence-electron chi connectivity index (χ1n) is 8.16. The van der Waals surface area contributed by atoms with Gasteiger partial charge in [-0.3, -0.25) is 4.79 Å². The van der Waals surface area contributed by atoms with Gasteiger partial charge in [0, 0.05) is 25.6 Å². The Bertz CT molecular complexity index is 461. The molecule has 0 spiro atoms. The monoisotopic (exact) mass is 324 g/mol. The highest BCUT2D eigenvalue weighted by Gasteiger charge is 2.29. The topological polar surface area (TPSA) is 32.3 Å². The van der Waals surface area contributed by atoms with Gasteiger partial charge in [-0.15, -0.1) is 12.4 Å². The molecule has 0 radical (unpaired) electrons. The Kier molecular flexibility index (Phi) is 7.91. The fraction of sp³-hybridized carbons (Fsp3) is 0.611. The number of aryl methyl sites for hydroxylation is 1. The maximum Gasteiger partial charge on any atom is 0.223 e. The SMILES string of the molecule is CCC(CC(=O)N1CCCC1CNC)c1ccc(C)cc1.Cl. The van der Waals surface area contributed by atoms with Crippen LogP contribution in [0.2, 0.25) is 0 Å². The van der Waals surface area contributed by atoms with E-state index in [9.17, 15) is 4.79 Å². The smallest absolute Gasteiger partial charge is 0.223 e. The second kappa shape index (κ2) is 9.16. The molecule has 22 heavy (non-hydrogen) atoms. The predicted octanol–water partition coefficient (Wildman–Crippen LogP) is 3.51. The van der Waals surface area contributed by atoms with Gasteiger partial charge in [0.2, 0.25) is 5.91 Å². The molecule has 2 unspecified atom stereocenters. The third-order valence-corrected chi connectivity index (χ3v) is 4.60. The van der Waals surface area contributed by atoms with Crippen LogP contribution in [0.5, 0.6) is 0 Å². The molecular weight excluding hydrogens is 296 g/mol. The molecule has 0 bridgehead atoms. The van der Waals surface area contributed by atoms with Crippen LogP contribution in [-0.4, -0.2) is 37.0 Å². The lowest BCUT2D eigenvalue weighted by molar-refractivity contribution is -0.132. The largest absolute Gasteiger partial charge is 0.338 e. The molecule has 1 saturated heterocycles. The second-order valence-corrected chi connectivity index (χ2v) is 6.16. The van der Waals surface area contributed by atoms with E-state index in [4.69, 9.17) is 0 Å². The molecule has 1 aliphatic rings. The summed E-state index contributed by atoms with van der Waals surface area (Å²) < 4.78 is 0. The molecule has 1 heterocycles. The fourth-order valence-corrected chi connectivity index (χ4v) is 3.28. The molecule has 2 rings (SSSR count). The molecule has 0 aromatic heterocycles. The van der Waals surface area contributed by atoms with Gasteiger partial charge in [0.1, 0.15) is 0 Å². The van der Waals surface area contributed by atoms with E-state index in [0.717, 1.165) is 32.4 Å². The average Bonchev–Trinajstić information content (AvgIpc) is 2.94. The summed E-state index contributed by atoms with van der Waals surface area (Å²) in [6.45, 7) is 6.11. The van der Waals surface area contributed by atoms with Crippen molar-refractivity contribution in [2.24, 2.45) is 0 Å². The molecule has 1 amide bonds. The van der Waals surface area contributed by atoms with Crippen LogP contribution in [0.3, 0.4) is 0 Å². The van der Waals surface area contributed by atoms with E-state index >= 15 is 0 Å². The van der Waals surface area contributed by atoms with Crippen LogP contribution in [0.1, 0.15) is 49.7 Å². The predicted molar refractivity (Wildman–Crippen MR) is 94.7 cm³/mol. The van der Waals surface area contributed by atoms with Crippen molar-refractivity contribution >= 4 is 18.3 Å². The zero-order valence-electron chi connectivity index (χ0n) is 14.0. The van der Waals surface area contributed by atoms with Gasteiger partial charge in [-0.2, -0.15) is 0 Å². The lowest BCUT2D eigenvalue weighted by Gasteiger charge is -2.26. The van der Waals surface area contributed by atoms with Crippen molar-refractivity contribution in [3.8, 4) is 0 Å². The Labute approximate surface area is 140 Å². The normalized spacial score (nSPS) is 18.9. The van der Waals surface area contributed by atoms with Crippen molar-refractivity contribution in [3.05, 3.63) is 35.4 Å². The van der Waals surface area contributed by atoms with Gasteiger partial charge >= 0.3 is 0 Å². The quantitative estimate of drug-likeness (QED) is 0.868. The number of benzene rings is 1. The van der Waals surface area contributed by atoms with Gasteiger partial charge < -0.3 is 10.2 Å². The number of carbonyl (C=O) groups is 1.